The molecule has 7 heteroatoms. The fourth-order valence-corrected chi connectivity index (χ4v) is 1.47. The number of nitrogens with one attached hydrogen (secondary N) is 2. The molecule has 1 amide bonds. The molecule has 0 aliphatic rings. The Bertz CT molecular complexity index is 547. The normalized spacial score (nSPS) is 11.3. The minimum Gasteiger partial charge on any atom is -0.347 e. The number of benzene rings is 1. The lowest BCUT2D eigenvalue weighted by Crippen LogP contribution is -2.23. The number of H-pyrrole nitrogens is 1. The van der Waals surface area contributed by atoms with Crippen LogP contribution in [0.2, 0.25) is 0 Å². The highest BCUT2D eigenvalue weighted by atomic mass is 19.4. The number of carbonyl (C=O) groups is 1. The number of aromatic nitrogens is 2. The summed E-state index contributed by atoms with van der Waals surface area (Å²) in [4.78, 5) is 18.3. The highest BCUT2D eigenvalue weighted by Gasteiger charge is 2.30. The maximum atomic E-state index is 12.3. The van der Waals surface area contributed by atoms with Crippen molar-refractivity contribution in [3.05, 3.63) is 53.6 Å². The zero-order valence-electron chi connectivity index (χ0n) is 9.66. The van der Waals surface area contributed by atoms with E-state index in [9.17, 15) is 18.0 Å². The lowest BCUT2D eigenvalue weighted by molar-refractivity contribution is -0.137. The molecule has 2 N–H and O–H groups in total. The largest absolute Gasteiger partial charge is 0.416 e. The number of nitrogens with zero attached hydrogens (tertiary/aromatic N) is 1. The third-order valence-corrected chi connectivity index (χ3v) is 2.47. The average molecular weight is 269 g/mol. The number of rotatable bonds is 3. The summed E-state index contributed by atoms with van der Waals surface area (Å²) in [6.45, 7) is 0.236. The SMILES string of the molecule is O=C(NCc1cnc[nH]1)c1ccc(C(F)(F)F)cc1. The minimum atomic E-state index is -4.40. The molecule has 0 unspecified atom stereocenters. The third kappa shape index (κ3) is 3.34. The molecule has 0 aliphatic heterocycles. The molecule has 0 fully saturated rings. The van der Waals surface area contributed by atoms with Gasteiger partial charge in [0, 0.05) is 11.8 Å². The van der Waals surface area contributed by atoms with Crippen molar-refractivity contribution >= 4 is 5.91 Å². The van der Waals surface area contributed by atoms with Gasteiger partial charge in [-0.2, -0.15) is 13.2 Å². The fraction of sp³-hybridized carbons (Fsp3) is 0.167. The van der Waals surface area contributed by atoms with Crippen LogP contribution in [0.1, 0.15) is 21.6 Å². The van der Waals surface area contributed by atoms with Gasteiger partial charge in [-0.15, -0.1) is 0 Å². The predicted octanol–water partition coefficient (Wildman–Crippen LogP) is 2.36. The van der Waals surface area contributed by atoms with Crippen LogP contribution >= 0.6 is 0 Å². The number of aromatic amines is 1. The molecule has 2 rings (SSSR count). The predicted molar refractivity (Wildman–Crippen MR) is 61.2 cm³/mol. The number of hydrogen-bond donors (Lipinski definition) is 2. The Morgan fingerprint density at radius 1 is 1.26 bits per heavy atom. The van der Waals surface area contributed by atoms with Crippen molar-refractivity contribution in [2.75, 3.05) is 0 Å². The van der Waals surface area contributed by atoms with E-state index in [1.165, 1.54) is 6.33 Å². The number of halogens is 3. The molecule has 4 nitrogen and oxygen atoms in total. The summed E-state index contributed by atoms with van der Waals surface area (Å²) in [5.41, 5.74) is 0.102. The van der Waals surface area contributed by atoms with Crippen molar-refractivity contribution in [2.45, 2.75) is 12.7 Å². The standard InChI is InChI=1S/C12H10F3N3O/c13-12(14,15)9-3-1-8(2-4-9)11(19)17-6-10-5-16-7-18-10/h1-5,7H,6H2,(H,16,18)(H,17,19). The first-order valence-corrected chi connectivity index (χ1v) is 5.39. The molecule has 2 aromatic rings. The molecule has 0 spiro atoms. The van der Waals surface area contributed by atoms with E-state index in [-0.39, 0.29) is 12.1 Å². The summed E-state index contributed by atoms with van der Waals surface area (Å²) in [6, 6.07) is 4.05. The molecule has 0 aliphatic carbocycles. The maximum Gasteiger partial charge on any atom is 0.416 e. The zero-order chi connectivity index (χ0) is 13.9. The fourth-order valence-electron chi connectivity index (χ4n) is 1.47. The summed E-state index contributed by atoms with van der Waals surface area (Å²) in [6.07, 6.45) is -1.38. The number of carbonyl (C=O) groups excluding carboxylic acids is 1. The lowest BCUT2D eigenvalue weighted by atomic mass is 10.1. The zero-order valence-corrected chi connectivity index (χ0v) is 9.66. The third-order valence-electron chi connectivity index (χ3n) is 2.47. The van der Waals surface area contributed by atoms with Gasteiger partial charge in [0.25, 0.3) is 5.91 Å². The van der Waals surface area contributed by atoms with E-state index in [4.69, 9.17) is 0 Å². The molecule has 0 saturated heterocycles. The Morgan fingerprint density at radius 2 is 1.95 bits per heavy atom. The van der Waals surface area contributed by atoms with Gasteiger partial charge in [-0.3, -0.25) is 4.79 Å². The monoisotopic (exact) mass is 269 g/mol. The van der Waals surface area contributed by atoms with Gasteiger partial charge >= 0.3 is 6.18 Å². The van der Waals surface area contributed by atoms with Crippen LogP contribution in [-0.4, -0.2) is 15.9 Å². The molecule has 0 bridgehead atoms. The summed E-state index contributed by atoms with van der Waals surface area (Å²) >= 11 is 0. The van der Waals surface area contributed by atoms with E-state index >= 15 is 0 Å². The van der Waals surface area contributed by atoms with Crippen LogP contribution < -0.4 is 5.32 Å². The van der Waals surface area contributed by atoms with Gasteiger partial charge in [0.05, 0.1) is 24.1 Å². The van der Waals surface area contributed by atoms with E-state index in [2.05, 4.69) is 15.3 Å². The van der Waals surface area contributed by atoms with Gasteiger partial charge in [-0.1, -0.05) is 0 Å². The summed E-state index contributed by atoms with van der Waals surface area (Å²) in [5.74, 6) is -0.441. The van der Waals surface area contributed by atoms with E-state index in [1.54, 1.807) is 6.20 Å². The summed E-state index contributed by atoms with van der Waals surface area (Å²) in [7, 11) is 0. The minimum absolute atomic E-state index is 0.174. The average Bonchev–Trinajstić information content (AvgIpc) is 2.88. The van der Waals surface area contributed by atoms with Gasteiger partial charge in [0.15, 0.2) is 0 Å². The molecule has 0 saturated carbocycles. The molecule has 100 valence electrons. The van der Waals surface area contributed by atoms with Crippen molar-refractivity contribution in [1.82, 2.24) is 15.3 Å². The van der Waals surface area contributed by atoms with Crippen LogP contribution in [0.15, 0.2) is 36.8 Å². The van der Waals surface area contributed by atoms with Gasteiger partial charge in [-0.05, 0) is 24.3 Å². The van der Waals surface area contributed by atoms with E-state index < -0.39 is 17.6 Å². The van der Waals surface area contributed by atoms with Crippen molar-refractivity contribution in [2.24, 2.45) is 0 Å². The highest BCUT2D eigenvalue weighted by molar-refractivity contribution is 5.94. The van der Waals surface area contributed by atoms with Gasteiger partial charge < -0.3 is 10.3 Å². The molecule has 0 radical (unpaired) electrons. The Balaban J connectivity index is 2.00. The quantitative estimate of drug-likeness (QED) is 0.898. The first kappa shape index (κ1) is 13.1. The van der Waals surface area contributed by atoms with E-state index in [0.29, 0.717) is 5.69 Å². The molecule has 1 heterocycles. The van der Waals surface area contributed by atoms with Crippen LogP contribution in [-0.2, 0) is 12.7 Å². The number of alkyl halides is 3. The van der Waals surface area contributed by atoms with Crippen LogP contribution in [0.3, 0.4) is 0 Å². The summed E-state index contributed by atoms with van der Waals surface area (Å²) in [5, 5.41) is 2.57. The highest BCUT2D eigenvalue weighted by Crippen LogP contribution is 2.29. The van der Waals surface area contributed by atoms with Crippen molar-refractivity contribution in [3.8, 4) is 0 Å². The topological polar surface area (TPSA) is 57.8 Å². The second kappa shape index (κ2) is 5.13. The maximum absolute atomic E-state index is 12.3. The molecular weight excluding hydrogens is 259 g/mol. The Labute approximate surface area is 106 Å². The van der Waals surface area contributed by atoms with Gasteiger partial charge in [0.1, 0.15) is 0 Å². The van der Waals surface area contributed by atoms with Crippen LogP contribution in [0, 0.1) is 0 Å². The second-order valence-electron chi connectivity index (χ2n) is 3.83. The first-order valence-electron chi connectivity index (χ1n) is 5.39. The first-order chi connectivity index (χ1) is 8.97. The van der Waals surface area contributed by atoms with Crippen molar-refractivity contribution in [3.63, 3.8) is 0 Å². The Morgan fingerprint density at radius 3 is 2.47 bits per heavy atom. The molecule has 0 atom stereocenters. The van der Waals surface area contributed by atoms with Crippen molar-refractivity contribution in [1.29, 1.82) is 0 Å². The molecule has 19 heavy (non-hydrogen) atoms. The van der Waals surface area contributed by atoms with Gasteiger partial charge in [0.2, 0.25) is 0 Å². The number of amides is 1. The van der Waals surface area contributed by atoms with E-state index in [0.717, 1.165) is 24.3 Å². The number of hydrogen-bond acceptors (Lipinski definition) is 2. The smallest absolute Gasteiger partial charge is 0.347 e. The van der Waals surface area contributed by atoms with Gasteiger partial charge in [-0.25, -0.2) is 4.98 Å². The number of imidazole rings is 1. The van der Waals surface area contributed by atoms with E-state index in [1.807, 2.05) is 0 Å². The molecular formula is C12H10F3N3O. The van der Waals surface area contributed by atoms with Crippen LogP contribution in [0.4, 0.5) is 13.2 Å². The Hall–Kier alpha value is -2.31. The van der Waals surface area contributed by atoms with Crippen molar-refractivity contribution < 1.29 is 18.0 Å². The van der Waals surface area contributed by atoms with Crippen LogP contribution in [0.5, 0.6) is 0 Å². The molecule has 1 aromatic carbocycles. The second-order valence-corrected chi connectivity index (χ2v) is 3.83. The van der Waals surface area contributed by atoms with Crippen LogP contribution in [0.25, 0.3) is 0 Å². The summed E-state index contributed by atoms with van der Waals surface area (Å²) < 4.78 is 37.0. The molecule has 1 aromatic heterocycles. The Kier molecular flexibility index (Phi) is 3.55. The lowest BCUT2D eigenvalue weighted by Gasteiger charge is -2.07.